The molecule has 4 nitrogen and oxygen atoms in total. The van der Waals surface area contributed by atoms with Crippen molar-refractivity contribution in [1.82, 2.24) is 9.97 Å². The molecule has 0 aliphatic rings. The van der Waals surface area contributed by atoms with Gasteiger partial charge in [0.05, 0.1) is 0 Å². The van der Waals surface area contributed by atoms with Crippen LogP contribution in [0.4, 0.5) is 5.95 Å². The maximum atomic E-state index is 5.54. The van der Waals surface area contributed by atoms with Gasteiger partial charge in [-0.05, 0) is 44.7 Å². The van der Waals surface area contributed by atoms with Gasteiger partial charge in [0.25, 0.3) is 0 Å². The first-order valence-corrected chi connectivity index (χ1v) is 6.19. The van der Waals surface area contributed by atoms with E-state index in [1.807, 2.05) is 19.9 Å². The minimum absolute atomic E-state index is 0.223. The highest BCUT2D eigenvalue weighted by Gasteiger charge is 2.17. The van der Waals surface area contributed by atoms with E-state index in [9.17, 15) is 0 Å². The molecule has 0 fully saturated rings. The molecule has 3 N–H and O–H groups in total. The van der Waals surface area contributed by atoms with E-state index in [1.165, 1.54) is 0 Å². The van der Waals surface area contributed by atoms with Crippen LogP contribution in [0.3, 0.4) is 0 Å². The molecule has 0 amide bonds. The van der Waals surface area contributed by atoms with Crippen LogP contribution in [0.15, 0.2) is 6.07 Å². The second-order valence-corrected chi connectivity index (χ2v) is 5.38. The molecule has 4 heteroatoms. The molecular formula is C13H24N4. The van der Waals surface area contributed by atoms with E-state index < -0.39 is 0 Å². The Labute approximate surface area is 104 Å². The van der Waals surface area contributed by atoms with Gasteiger partial charge >= 0.3 is 0 Å². The Balaban J connectivity index is 2.54. The predicted octanol–water partition coefficient (Wildman–Crippen LogP) is 2.27. The summed E-state index contributed by atoms with van der Waals surface area (Å²) in [5.41, 5.74) is 7.76. The number of rotatable bonds is 6. The summed E-state index contributed by atoms with van der Waals surface area (Å²) in [6.45, 7) is 10.1. The minimum atomic E-state index is 0.223. The number of anilines is 1. The molecule has 1 aromatic rings. The number of hydrogen-bond donors (Lipinski definition) is 2. The Morgan fingerprint density at radius 3 is 2.35 bits per heavy atom. The summed E-state index contributed by atoms with van der Waals surface area (Å²) in [6.07, 6.45) is 2.17. The third-order valence-electron chi connectivity index (χ3n) is 2.77. The fourth-order valence-corrected chi connectivity index (χ4v) is 1.79. The molecule has 1 rings (SSSR count). The molecule has 0 aliphatic heterocycles. The third-order valence-corrected chi connectivity index (χ3v) is 2.77. The van der Waals surface area contributed by atoms with E-state index in [4.69, 9.17) is 5.73 Å². The van der Waals surface area contributed by atoms with Gasteiger partial charge in [0.2, 0.25) is 5.95 Å². The van der Waals surface area contributed by atoms with Crippen LogP contribution in [0.1, 0.15) is 38.1 Å². The fraction of sp³-hybridized carbons (Fsp3) is 0.692. The van der Waals surface area contributed by atoms with Gasteiger partial charge in [-0.3, -0.25) is 0 Å². The largest absolute Gasteiger partial charge is 0.354 e. The Morgan fingerprint density at radius 2 is 1.82 bits per heavy atom. The first-order chi connectivity index (χ1) is 7.93. The molecule has 0 spiro atoms. The van der Waals surface area contributed by atoms with Crippen molar-refractivity contribution in [3.05, 3.63) is 17.5 Å². The maximum absolute atomic E-state index is 5.54. The molecule has 0 aromatic carbocycles. The molecule has 0 saturated heterocycles. The lowest BCUT2D eigenvalue weighted by Crippen LogP contribution is -2.25. The average molecular weight is 236 g/mol. The number of aromatic nitrogens is 2. The van der Waals surface area contributed by atoms with Crippen molar-refractivity contribution in [2.45, 2.75) is 40.5 Å². The van der Waals surface area contributed by atoms with Gasteiger partial charge in [0.1, 0.15) is 0 Å². The van der Waals surface area contributed by atoms with Gasteiger partial charge in [-0.15, -0.1) is 0 Å². The number of nitrogens with two attached hydrogens (primary N) is 1. The van der Waals surface area contributed by atoms with Crippen LogP contribution in [-0.4, -0.2) is 23.1 Å². The van der Waals surface area contributed by atoms with Crippen molar-refractivity contribution in [1.29, 1.82) is 0 Å². The molecule has 1 aromatic heterocycles. The molecule has 17 heavy (non-hydrogen) atoms. The standard InChI is InChI=1S/C13H24N4/c1-10-8-11(2)17-12(16-10)15-9-13(3,4)6-5-7-14/h8H,5-7,9,14H2,1-4H3,(H,15,16,17). The Bertz CT molecular complexity index is 340. The minimum Gasteiger partial charge on any atom is -0.354 e. The molecule has 0 atom stereocenters. The highest BCUT2D eigenvalue weighted by molar-refractivity contribution is 5.27. The zero-order chi connectivity index (χ0) is 12.9. The van der Waals surface area contributed by atoms with Crippen molar-refractivity contribution >= 4 is 5.95 Å². The van der Waals surface area contributed by atoms with Gasteiger partial charge < -0.3 is 11.1 Å². The van der Waals surface area contributed by atoms with Crippen molar-refractivity contribution in [3.8, 4) is 0 Å². The maximum Gasteiger partial charge on any atom is 0.223 e. The number of aryl methyl sites for hydroxylation is 2. The smallest absolute Gasteiger partial charge is 0.223 e. The first-order valence-electron chi connectivity index (χ1n) is 6.19. The van der Waals surface area contributed by atoms with Crippen molar-refractivity contribution in [3.63, 3.8) is 0 Å². The molecule has 0 radical (unpaired) electrons. The lowest BCUT2D eigenvalue weighted by atomic mass is 9.88. The second kappa shape index (κ2) is 5.96. The summed E-state index contributed by atoms with van der Waals surface area (Å²) in [5.74, 6) is 0.725. The lowest BCUT2D eigenvalue weighted by molar-refractivity contribution is 0.349. The molecule has 0 saturated carbocycles. The zero-order valence-corrected chi connectivity index (χ0v) is 11.4. The molecular weight excluding hydrogens is 212 g/mol. The summed E-state index contributed by atoms with van der Waals surface area (Å²) in [6, 6.07) is 1.98. The van der Waals surface area contributed by atoms with E-state index in [1.54, 1.807) is 0 Å². The highest BCUT2D eigenvalue weighted by Crippen LogP contribution is 2.22. The Morgan fingerprint density at radius 1 is 1.24 bits per heavy atom. The van der Waals surface area contributed by atoms with Crippen LogP contribution in [-0.2, 0) is 0 Å². The normalized spacial score (nSPS) is 11.6. The molecule has 0 unspecified atom stereocenters. The number of hydrogen-bond acceptors (Lipinski definition) is 4. The molecule has 96 valence electrons. The SMILES string of the molecule is Cc1cc(C)nc(NCC(C)(C)CCCN)n1. The van der Waals surface area contributed by atoms with Crippen molar-refractivity contribution in [2.24, 2.45) is 11.1 Å². The van der Waals surface area contributed by atoms with Crippen LogP contribution in [0.5, 0.6) is 0 Å². The van der Waals surface area contributed by atoms with Crippen LogP contribution < -0.4 is 11.1 Å². The predicted molar refractivity (Wildman–Crippen MR) is 72.1 cm³/mol. The van der Waals surface area contributed by atoms with Crippen LogP contribution >= 0.6 is 0 Å². The van der Waals surface area contributed by atoms with Crippen molar-refractivity contribution < 1.29 is 0 Å². The van der Waals surface area contributed by atoms with E-state index >= 15 is 0 Å². The number of nitrogens with zero attached hydrogens (tertiary/aromatic N) is 2. The van der Waals surface area contributed by atoms with Gasteiger partial charge in [-0.2, -0.15) is 0 Å². The van der Waals surface area contributed by atoms with Gasteiger partial charge in [0, 0.05) is 17.9 Å². The fourth-order valence-electron chi connectivity index (χ4n) is 1.79. The van der Waals surface area contributed by atoms with E-state index in [2.05, 4.69) is 29.1 Å². The average Bonchev–Trinajstić information content (AvgIpc) is 2.23. The zero-order valence-electron chi connectivity index (χ0n) is 11.4. The molecule has 0 aliphatic carbocycles. The lowest BCUT2D eigenvalue weighted by Gasteiger charge is -2.24. The summed E-state index contributed by atoms with van der Waals surface area (Å²) in [4.78, 5) is 8.74. The monoisotopic (exact) mass is 236 g/mol. The van der Waals surface area contributed by atoms with Crippen LogP contribution in [0.2, 0.25) is 0 Å². The van der Waals surface area contributed by atoms with Gasteiger partial charge in [-0.25, -0.2) is 9.97 Å². The second-order valence-electron chi connectivity index (χ2n) is 5.38. The summed E-state index contributed by atoms with van der Waals surface area (Å²) >= 11 is 0. The molecule has 0 bridgehead atoms. The summed E-state index contributed by atoms with van der Waals surface area (Å²) < 4.78 is 0. The number of nitrogens with one attached hydrogen (secondary N) is 1. The third kappa shape index (κ3) is 5.13. The topological polar surface area (TPSA) is 63.8 Å². The van der Waals surface area contributed by atoms with E-state index in [0.29, 0.717) is 0 Å². The van der Waals surface area contributed by atoms with Crippen LogP contribution in [0, 0.1) is 19.3 Å². The van der Waals surface area contributed by atoms with Gasteiger partial charge in [-0.1, -0.05) is 13.8 Å². The quantitative estimate of drug-likeness (QED) is 0.795. The summed E-state index contributed by atoms with van der Waals surface area (Å²) in [5, 5.41) is 3.31. The Kier molecular flexibility index (Phi) is 4.87. The first kappa shape index (κ1) is 13.9. The van der Waals surface area contributed by atoms with E-state index in [0.717, 1.165) is 43.3 Å². The van der Waals surface area contributed by atoms with Crippen LogP contribution in [0.25, 0.3) is 0 Å². The Hall–Kier alpha value is -1.16. The van der Waals surface area contributed by atoms with Crippen molar-refractivity contribution in [2.75, 3.05) is 18.4 Å². The van der Waals surface area contributed by atoms with Gasteiger partial charge in [0.15, 0.2) is 0 Å². The molecule has 1 heterocycles. The van der Waals surface area contributed by atoms with E-state index in [-0.39, 0.29) is 5.41 Å². The summed E-state index contributed by atoms with van der Waals surface area (Å²) in [7, 11) is 0. The highest BCUT2D eigenvalue weighted by atomic mass is 15.1.